The van der Waals surface area contributed by atoms with E-state index >= 15 is 0 Å². The lowest BCUT2D eigenvalue weighted by Crippen LogP contribution is -2.41. The van der Waals surface area contributed by atoms with Crippen LogP contribution in [0.3, 0.4) is 0 Å². The maximum atomic E-state index is 13.0. The Morgan fingerprint density at radius 3 is 2.76 bits per heavy atom. The number of hydrogen-bond donors (Lipinski definition) is 3. The Balaban J connectivity index is 0.00000220. The summed E-state index contributed by atoms with van der Waals surface area (Å²) < 4.78 is 51.9. The van der Waals surface area contributed by atoms with Gasteiger partial charge in [0, 0.05) is 12.4 Å². The molecule has 6 nitrogen and oxygen atoms in total. The van der Waals surface area contributed by atoms with Crippen LogP contribution in [0, 0.1) is 0 Å². The third-order valence-corrected chi connectivity index (χ3v) is 4.34. The number of pyridine rings is 1. The van der Waals surface area contributed by atoms with Gasteiger partial charge >= 0.3 is 0 Å². The molecule has 2 rings (SSSR count). The predicted molar refractivity (Wildman–Crippen MR) is 77.5 cm³/mol. The Hall–Kier alpha value is -1.00. The van der Waals surface area contributed by atoms with E-state index < -0.39 is 29.0 Å². The van der Waals surface area contributed by atoms with Crippen LogP contribution in [0.1, 0.15) is 0 Å². The number of fused-ring (bicyclic) bond motifs is 1. The van der Waals surface area contributed by atoms with Crippen molar-refractivity contribution in [1.29, 1.82) is 0 Å². The van der Waals surface area contributed by atoms with Gasteiger partial charge in [-0.15, -0.1) is 12.4 Å². The number of rotatable bonds is 5. The summed E-state index contributed by atoms with van der Waals surface area (Å²) in [5.41, 5.74) is 5.10. The van der Waals surface area contributed by atoms with Crippen LogP contribution in [0.2, 0.25) is 5.02 Å². The lowest BCUT2D eigenvalue weighted by Gasteiger charge is -2.14. The highest BCUT2D eigenvalue weighted by Crippen LogP contribution is 2.28. The number of aromatic amines is 1. The van der Waals surface area contributed by atoms with Gasteiger partial charge in [0.2, 0.25) is 10.0 Å². The van der Waals surface area contributed by atoms with Crippen molar-refractivity contribution in [2.24, 2.45) is 5.73 Å². The molecule has 0 bridgehead atoms. The monoisotopic (exact) mass is 360 g/mol. The van der Waals surface area contributed by atoms with Crippen molar-refractivity contribution < 1.29 is 17.2 Å². The third-order valence-electron chi connectivity index (χ3n) is 2.60. The van der Waals surface area contributed by atoms with E-state index in [1.54, 1.807) is 0 Å². The van der Waals surface area contributed by atoms with Crippen LogP contribution >= 0.6 is 24.0 Å². The molecule has 4 N–H and O–H groups in total. The first-order valence-electron chi connectivity index (χ1n) is 5.46. The lowest BCUT2D eigenvalue weighted by atomic mass is 10.3. The molecule has 0 saturated heterocycles. The Labute approximate surface area is 130 Å². The van der Waals surface area contributed by atoms with Crippen LogP contribution in [-0.4, -0.2) is 37.4 Å². The lowest BCUT2D eigenvalue weighted by molar-refractivity contribution is 0.0170. The number of H-pyrrole nitrogens is 1. The zero-order valence-corrected chi connectivity index (χ0v) is 12.8. The van der Waals surface area contributed by atoms with Crippen LogP contribution in [-0.2, 0) is 10.0 Å². The second kappa shape index (κ2) is 6.41. The van der Waals surface area contributed by atoms with E-state index in [1.807, 2.05) is 4.72 Å². The fourth-order valence-electron chi connectivity index (χ4n) is 1.55. The SMILES string of the molecule is Cl.NCC(F)(F)CNS(=O)(=O)c1c[nH]c2nccc(Cl)c12. The van der Waals surface area contributed by atoms with E-state index in [0.29, 0.717) is 0 Å². The first-order chi connectivity index (χ1) is 9.27. The topological polar surface area (TPSA) is 101 Å². The van der Waals surface area contributed by atoms with E-state index in [1.165, 1.54) is 12.3 Å². The van der Waals surface area contributed by atoms with Crippen LogP contribution < -0.4 is 10.5 Å². The summed E-state index contributed by atoms with van der Waals surface area (Å²) in [6, 6.07) is 1.41. The molecule has 0 aromatic carbocycles. The zero-order chi connectivity index (χ0) is 15.0. The Bertz CT molecular complexity index is 736. The number of nitrogens with zero attached hydrogens (tertiary/aromatic N) is 1. The molecule has 0 amide bonds. The number of aromatic nitrogens is 2. The molecular weight excluding hydrogens is 349 g/mol. The standard InChI is InChI=1S/C10H11ClF2N4O2S.ClH/c11-6-1-2-15-9-8(6)7(3-16-9)20(18,19)17-5-10(12,13)4-14;/h1-3,17H,4-5,14H2,(H,15,16);1H. The first kappa shape index (κ1) is 18.1. The molecule has 0 spiro atoms. The highest BCUT2D eigenvalue weighted by Gasteiger charge is 2.30. The van der Waals surface area contributed by atoms with Crippen LogP contribution in [0.25, 0.3) is 11.0 Å². The number of nitrogens with two attached hydrogens (primary N) is 1. The molecule has 0 radical (unpaired) electrons. The molecule has 11 heteroatoms. The predicted octanol–water partition coefficient (Wildman–Crippen LogP) is 1.51. The molecule has 2 aromatic heterocycles. The van der Waals surface area contributed by atoms with Crippen LogP contribution in [0.15, 0.2) is 23.4 Å². The Kier molecular flexibility index (Phi) is 5.51. The van der Waals surface area contributed by atoms with Crippen molar-refractivity contribution in [2.75, 3.05) is 13.1 Å². The van der Waals surface area contributed by atoms with Gasteiger partial charge in [0.25, 0.3) is 5.92 Å². The summed E-state index contributed by atoms with van der Waals surface area (Å²) in [5, 5.41) is 0.306. The zero-order valence-electron chi connectivity index (χ0n) is 10.4. The summed E-state index contributed by atoms with van der Waals surface area (Å²) in [5.74, 6) is -3.32. The van der Waals surface area contributed by atoms with Crippen molar-refractivity contribution >= 4 is 45.1 Å². The number of hydrogen-bond acceptors (Lipinski definition) is 4. The van der Waals surface area contributed by atoms with Crippen LogP contribution in [0.4, 0.5) is 8.78 Å². The van der Waals surface area contributed by atoms with E-state index in [4.69, 9.17) is 17.3 Å². The summed E-state index contributed by atoms with van der Waals surface area (Å²) in [4.78, 5) is 6.28. The van der Waals surface area contributed by atoms with Gasteiger partial charge in [0.05, 0.1) is 23.5 Å². The van der Waals surface area contributed by atoms with Crippen molar-refractivity contribution in [3.05, 3.63) is 23.5 Å². The Morgan fingerprint density at radius 1 is 1.48 bits per heavy atom. The van der Waals surface area contributed by atoms with Crippen molar-refractivity contribution in [3.8, 4) is 0 Å². The second-order valence-electron chi connectivity index (χ2n) is 4.05. The van der Waals surface area contributed by atoms with Gasteiger partial charge in [0.15, 0.2) is 0 Å². The first-order valence-corrected chi connectivity index (χ1v) is 7.32. The average molecular weight is 361 g/mol. The quantitative estimate of drug-likeness (QED) is 0.752. The number of alkyl halides is 2. The van der Waals surface area contributed by atoms with Gasteiger partial charge < -0.3 is 10.7 Å². The number of halogens is 4. The molecule has 2 heterocycles. The summed E-state index contributed by atoms with van der Waals surface area (Å²) in [6.07, 6.45) is 2.54. The molecular formula is C10H12Cl2F2N4O2S. The fraction of sp³-hybridized carbons (Fsp3) is 0.300. The minimum absolute atomic E-state index is 0. The smallest absolute Gasteiger partial charge is 0.273 e. The molecule has 0 atom stereocenters. The number of nitrogens with one attached hydrogen (secondary N) is 2. The average Bonchev–Trinajstić information content (AvgIpc) is 2.83. The summed E-state index contributed by atoms with van der Waals surface area (Å²) >= 11 is 5.91. The largest absolute Gasteiger partial charge is 0.345 e. The molecule has 0 fully saturated rings. The fourth-order valence-corrected chi connectivity index (χ4v) is 3.10. The maximum absolute atomic E-state index is 13.0. The molecule has 0 aliphatic heterocycles. The van der Waals surface area contributed by atoms with Gasteiger partial charge in [-0.1, -0.05) is 11.6 Å². The van der Waals surface area contributed by atoms with Gasteiger partial charge in [-0.25, -0.2) is 26.9 Å². The van der Waals surface area contributed by atoms with E-state index in [0.717, 1.165) is 6.20 Å². The highest BCUT2D eigenvalue weighted by molar-refractivity contribution is 7.89. The maximum Gasteiger partial charge on any atom is 0.273 e. The van der Waals surface area contributed by atoms with Gasteiger partial charge in [-0.3, -0.25) is 0 Å². The molecule has 0 aliphatic rings. The van der Waals surface area contributed by atoms with Crippen molar-refractivity contribution in [1.82, 2.24) is 14.7 Å². The van der Waals surface area contributed by atoms with Gasteiger partial charge in [-0.2, -0.15) is 0 Å². The third kappa shape index (κ3) is 3.80. The van der Waals surface area contributed by atoms with Crippen molar-refractivity contribution in [3.63, 3.8) is 0 Å². The summed E-state index contributed by atoms with van der Waals surface area (Å²) in [7, 11) is -4.15. The molecule has 0 unspecified atom stereocenters. The summed E-state index contributed by atoms with van der Waals surface area (Å²) in [6.45, 7) is -2.04. The molecule has 21 heavy (non-hydrogen) atoms. The molecule has 118 valence electrons. The van der Waals surface area contributed by atoms with Gasteiger partial charge in [-0.05, 0) is 6.07 Å². The molecule has 0 saturated carbocycles. The van der Waals surface area contributed by atoms with Crippen LogP contribution in [0.5, 0.6) is 0 Å². The van der Waals surface area contributed by atoms with Gasteiger partial charge in [0.1, 0.15) is 10.5 Å². The van der Waals surface area contributed by atoms with E-state index in [-0.39, 0.29) is 33.4 Å². The normalized spacial score (nSPS) is 12.4. The highest BCUT2D eigenvalue weighted by atomic mass is 35.5. The second-order valence-corrected chi connectivity index (χ2v) is 6.20. The molecule has 0 aliphatic carbocycles. The van der Waals surface area contributed by atoms with Crippen molar-refractivity contribution in [2.45, 2.75) is 10.8 Å². The Morgan fingerprint density at radius 2 is 2.14 bits per heavy atom. The van der Waals surface area contributed by atoms with E-state index in [9.17, 15) is 17.2 Å². The number of sulfonamides is 1. The molecule has 2 aromatic rings. The minimum atomic E-state index is -4.15. The minimum Gasteiger partial charge on any atom is -0.345 e. The van der Waals surface area contributed by atoms with E-state index in [2.05, 4.69) is 9.97 Å².